The average molecular weight is 487 g/mol. The van der Waals surface area contributed by atoms with Gasteiger partial charge in [0.1, 0.15) is 17.2 Å². The Morgan fingerprint density at radius 3 is 2.25 bits per heavy atom. The summed E-state index contributed by atoms with van der Waals surface area (Å²) >= 11 is 0. The third kappa shape index (κ3) is 6.73. The minimum atomic E-state index is -0.647. The zero-order valence-corrected chi connectivity index (χ0v) is 20.5. The molecule has 186 valence electrons. The van der Waals surface area contributed by atoms with Crippen molar-refractivity contribution in [2.24, 2.45) is 5.10 Å². The van der Waals surface area contributed by atoms with E-state index in [0.717, 1.165) is 24.3 Å². The van der Waals surface area contributed by atoms with Gasteiger partial charge in [-0.05, 0) is 74.9 Å². The largest absolute Gasteiger partial charge is 0.508 e. The highest BCUT2D eigenvalue weighted by Crippen LogP contribution is 2.22. The molecule has 8 heteroatoms. The minimum Gasteiger partial charge on any atom is -0.508 e. The van der Waals surface area contributed by atoms with E-state index in [9.17, 15) is 19.8 Å². The lowest BCUT2D eigenvalue weighted by atomic mass is 10.1. The van der Waals surface area contributed by atoms with Crippen LogP contribution in [0.4, 0.5) is 5.69 Å². The number of benzene rings is 3. The summed E-state index contributed by atoms with van der Waals surface area (Å²) in [6, 6.07) is 20.2. The lowest BCUT2D eigenvalue weighted by Gasteiger charge is -2.21. The van der Waals surface area contributed by atoms with E-state index in [1.54, 1.807) is 43.3 Å². The molecular weight excluding hydrogens is 456 g/mol. The number of hydrogen-bond acceptors (Lipinski definition) is 6. The highest BCUT2D eigenvalue weighted by Gasteiger charge is 2.15. The number of carbonyl (C=O) groups is 2. The topological polar surface area (TPSA) is 114 Å². The molecule has 2 amide bonds. The van der Waals surface area contributed by atoms with Gasteiger partial charge in [0, 0.05) is 29.9 Å². The predicted molar refractivity (Wildman–Crippen MR) is 142 cm³/mol. The van der Waals surface area contributed by atoms with Gasteiger partial charge in [0.05, 0.1) is 5.71 Å². The fourth-order valence-electron chi connectivity index (χ4n) is 3.55. The van der Waals surface area contributed by atoms with E-state index in [1.165, 1.54) is 18.2 Å². The molecule has 0 atom stereocenters. The molecule has 0 spiro atoms. The van der Waals surface area contributed by atoms with Gasteiger partial charge in [-0.25, -0.2) is 5.43 Å². The first-order chi connectivity index (χ1) is 17.3. The van der Waals surface area contributed by atoms with Gasteiger partial charge >= 0.3 is 0 Å². The Bertz CT molecular complexity index is 1260. The Labute approximate surface area is 210 Å². The van der Waals surface area contributed by atoms with Crippen LogP contribution in [0.1, 0.15) is 42.3 Å². The van der Waals surface area contributed by atoms with Gasteiger partial charge in [0.25, 0.3) is 11.8 Å². The van der Waals surface area contributed by atoms with E-state index in [4.69, 9.17) is 0 Å². The smallest absolute Gasteiger partial charge is 0.287 e. The van der Waals surface area contributed by atoms with Gasteiger partial charge < -0.3 is 20.4 Å². The molecule has 0 aliphatic rings. The van der Waals surface area contributed by atoms with Gasteiger partial charge in [-0.2, -0.15) is 5.10 Å². The van der Waals surface area contributed by atoms with Crippen molar-refractivity contribution in [2.45, 2.75) is 20.8 Å². The molecule has 0 unspecified atom stereocenters. The zero-order valence-electron chi connectivity index (χ0n) is 20.5. The summed E-state index contributed by atoms with van der Waals surface area (Å²) in [5, 5.41) is 26.4. The Hall–Kier alpha value is -4.59. The predicted octanol–water partition coefficient (Wildman–Crippen LogP) is 4.26. The van der Waals surface area contributed by atoms with Crippen LogP contribution >= 0.6 is 0 Å². The Balaban J connectivity index is 1.88. The fraction of sp³-hybridized carbons (Fsp3) is 0.179. The molecule has 0 aliphatic carbocycles. The number of carbonyl (C=O) groups excluding carboxylic acids is 2. The van der Waals surface area contributed by atoms with Crippen LogP contribution in [0, 0.1) is 0 Å². The molecule has 3 rings (SSSR count). The average Bonchev–Trinajstić information content (AvgIpc) is 2.90. The van der Waals surface area contributed by atoms with Crippen molar-refractivity contribution in [1.29, 1.82) is 0 Å². The van der Waals surface area contributed by atoms with Crippen LogP contribution < -0.4 is 15.6 Å². The van der Waals surface area contributed by atoms with Gasteiger partial charge in [-0.1, -0.05) is 30.3 Å². The maximum atomic E-state index is 13.0. The number of hydrazone groups is 1. The molecule has 4 N–H and O–H groups in total. The molecular formula is C28H30N4O4. The third-order valence-corrected chi connectivity index (χ3v) is 5.56. The van der Waals surface area contributed by atoms with Gasteiger partial charge in [-0.15, -0.1) is 0 Å². The standard InChI is InChI=1S/C28H30N4O4/c1-4-32(5-2)22-13-11-20(12-14-22)17-25(29-27(35)21-9-7-6-8-10-21)28(36)31-30-19(3)24-18-23(33)15-16-26(24)34/h6-18,33-34H,4-5H2,1-3H3,(H,29,35)(H,31,36)/b25-17+,30-19+. The Kier molecular flexibility index (Phi) is 8.83. The molecule has 3 aromatic rings. The number of nitrogens with zero attached hydrogens (tertiary/aromatic N) is 2. The molecule has 0 heterocycles. The molecule has 0 bridgehead atoms. The maximum absolute atomic E-state index is 13.0. The number of anilines is 1. The number of phenolic OH excluding ortho intramolecular Hbond substituents is 2. The second-order valence-electron chi connectivity index (χ2n) is 7.98. The second-order valence-corrected chi connectivity index (χ2v) is 7.98. The van der Waals surface area contributed by atoms with Gasteiger partial charge in [0.2, 0.25) is 0 Å². The van der Waals surface area contributed by atoms with Crippen molar-refractivity contribution in [3.63, 3.8) is 0 Å². The van der Waals surface area contributed by atoms with Crippen LogP contribution in [0.2, 0.25) is 0 Å². The number of phenols is 2. The molecule has 0 fully saturated rings. The van der Waals surface area contributed by atoms with Crippen molar-refractivity contribution in [3.05, 3.63) is 95.2 Å². The summed E-state index contributed by atoms with van der Waals surface area (Å²) in [4.78, 5) is 28.0. The number of rotatable bonds is 9. The van der Waals surface area contributed by atoms with E-state index in [0.29, 0.717) is 5.56 Å². The van der Waals surface area contributed by atoms with Crippen LogP contribution in [-0.2, 0) is 4.79 Å². The first-order valence-corrected chi connectivity index (χ1v) is 11.6. The van der Waals surface area contributed by atoms with E-state index >= 15 is 0 Å². The summed E-state index contributed by atoms with van der Waals surface area (Å²) in [6.07, 6.45) is 1.57. The van der Waals surface area contributed by atoms with Crippen molar-refractivity contribution < 1.29 is 19.8 Å². The van der Waals surface area contributed by atoms with Crippen molar-refractivity contribution in [1.82, 2.24) is 10.7 Å². The number of aromatic hydroxyl groups is 2. The highest BCUT2D eigenvalue weighted by atomic mass is 16.3. The fourth-order valence-corrected chi connectivity index (χ4v) is 3.55. The number of amides is 2. The monoisotopic (exact) mass is 486 g/mol. The Morgan fingerprint density at radius 1 is 0.944 bits per heavy atom. The van der Waals surface area contributed by atoms with Crippen molar-refractivity contribution in [3.8, 4) is 11.5 Å². The molecule has 0 aliphatic heterocycles. The summed E-state index contributed by atoms with van der Waals surface area (Å²) in [5.74, 6) is -1.23. The second kappa shape index (κ2) is 12.2. The first-order valence-electron chi connectivity index (χ1n) is 11.6. The summed E-state index contributed by atoms with van der Waals surface area (Å²) in [7, 11) is 0. The minimum absolute atomic E-state index is 0.00359. The summed E-state index contributed by atoms with van der Waals surface area (Å²) in [6.45, 7) is 7.49. The molecule has 36 heavy (non-hydrogen) atoms. The van der Waals surface area contributed by atoms with Crippen LogP contribution in [0.15, 0.2) is 83.6 Å². The first kappa shape index (κ1) is 26.0. The molecule has 8 nitrogen and oxygen atoms in total. The van der Waals surface area contributed by atoms with Crippen LogP contribution in [-0.4, -0.2) is 40.8 Å². The number of nitrogens with one attached hydrogen (secondary N) is 2. The SMILES string of the molecule is CCN(CC)c1ccc(/C=C(/NC(=O)c2ccccc2)C(=O)N/N=C(\C)c2cc(O)ccc2O)cc1. The lowest BCUT2D eigenvalue weighted by molar-refractivity contribution is -0.117. The molecule has 0 aromatic heterocycles. The molecule has 3 aromatic carbocycles. The van der Waals surface area contributed by atoms with Crippen LogP contribution in [0.5, 0.6) is 11.5 Å². The van der Waals surface area contributed by atoms with Gasteiger partial charge in [0.15, 0.2) is 0 Å². The molecule has 0 radical (unpaired) electrons. The van der Waals surface area contributed by atoms with Crippen molar-refractivity contribution in [2.75, 3.05) is 18.0 Å². The number of hydrogen-bond donors (Lipinski definition) is 4. The summed E-state index contributed by atoms with van der Waals surface area (Å²) in [5.41, 5.74) is 5.13. The zero-order chi connectivity index (χ0) is 26.1. The molecule has 0 saturated heterocycles. The van der Waals surface area contributed by atoms with E-state index in [2.05, 4.69) is 34.6 Å². The molecule has 0 saturated carbocycles. The van der Waals surface area contributed by atoms with E-state index < -0.39 is 11.8 Å². The van der Waals surface area contributed by atoms with Crippen LogP contribution in [0.3, 0.4) is 0 Å². The van der Waals surface area contributed by atoms with Crippen molar-refractivity contribution >= 4 is 29.3 Å². The Morgan fingerprint density at radius 2 is 1.61 bits per heavy atom. The van der Waals surface area contributed by atoms with E-state index in [-0.39, 0.29) is 28.5 Å². The van der Waals surface area contributed by atoms with Gasteiger partial charge in [-0.3, -0.25) is 9.59 Å². The summed E-state index contributed by atoms with van der Waals surface area (Å²) < 4.78 is 0. The third-order valence-electron chi connectivity index (χ3n) is 5.56. The lowest BCUT2D eigenvalue weighted by Crippen LogP contribution is -2.33. The quantitative estimate of drug-likeness (QED) is 0.156. The normalized spacial score (nSPS) is 11.6. The highest BCUT2D eigenvalue weighted by molar-refractivity contribution is 6.06. The van der Waals surface area contributed by atoms with E-state index in [1.807, 2.05) is 24.3 Å². The van der Waals surface area contributed by atoms with Crippen LogP contribution in [0.25, 0.3) is 6.08 Å². The maximum Gasteiger partial charge on any atom is 0.287 e.